The molecule has 1 amide bonds. The quantitative estimate of drug-likeness (QED) is 0.434. The van der Waals surface area contributed by atoms with E-state index in [1.807, 2.05) is 19.9 Å². The lowest BCUT2D eigenvalue weighted by atomic mass is 10.0. The van der Waals surface area contributed by atoms with E-state index in [1.54, 1.807) is 9.47 Å². The van der Waals surface area contributed by atoms with Crippen molar-refractivity contribution in [2.24, 2.45) is 0 Å². The summed E-state index contributed by atoms with van der Waals surface area (Å²) in [5.41, 5.74) is 1.40. The van der Waals surface area contributed by atoms with Gasteiger partial charge < -0.3 is 4.90 Å². The van der Waals surface area contributed by atoms with Crippen molar-refractivity contribution in [3.05, 3.63) is 31.9 Å². The molecule has 2 saturated heterocycles. The Morgan fingerprint density at radius 1 is 1.12 bits per heavy atom. The molecule has 33 heavy (non-hydrogen) atoms. The van der Waals surface area contributed by atoms with Crippen LogP contribution in [-0.2, 0) is 11.3 Å². The van der Waals surface area contributed by atoms with Crippen LogP contribution in [0.3, 0.4) is 0 Å². The van der Waals surface area contributed by atoms with Gasteiger partial charge in [0, 0.05) is 31.2 Å². The molecule has 0 radical (unpaired) electrons. The van der Waals surface area contributed by atoms with Gasteiger partial charge in [0.1, 0.15) is 21.8 Å². The van der Waals surface area contributed by atoms with Crippen LogP contribution in [0.2, 0.25) is 0 Å². The second-order valence-electron chi connectivity index (χ2n) is 9.20. The summed E-state index contributed by atoms with van der Waals surface area (Å²) in [6.07, 6.45) is 11.5. The molecule has 0 bridgehead atoms. The number of aromatic nitrogens is 1. The Bertz CT molecular complexity index is 1070. The van der Waals surface area contributed by atoms with Gasteiger partial charge in [0.15, 0.2) is 0 Å². The standard InChI is InChI=1S/C25H32N4O2S2/c1-3-12-28-22(27-13-8-4-5-9-14-27)19(17(2)20(16-26)23(28)30)15-21-24(31)29(25(32)33-21)18-10-6-7-11-18/h15,18H,3-14H2,1-2H3. The number of thioether (sulfide) groups is 1. The fraction of sp³-hybridized carbons (Fsp3) is 0.600. The highest BCUT2D eigenvalue weighted by molar-refractivity contribution is 8.26. The number of nitrogens with zero attached hydrogens (tertiary/aromatic N) is 4. The third kappa shape index (κ3) is 4.63. The molecule has 0 N–H and O–H groups in total. The van der Waals surface area contributed by atoms with Gasteiger partial charge in [-0.25, -0.2) is 0 Å². The largest absolute Gasteiger partial charge is 0.357 e. The van der Waals surface area contributed by atoms with E-state index < -0.39 is 0 Å². The Morgan fingerprint density at radius 3 is 2.39 bits per heavy atom. The summed E-state index contributed by atoms with van der Waals surface area (Å²) in [5.74, 6) is 0.816. The Hall–Kier alpha value is -2.11. The SMILES string of the molecule is CCCn1c(N2CCCCCC2)c(C=C2SC(=S)N(C3CCCC3)C2=O)c(C)c(C#N)c1=O. The molecule has 2 aliphatic heterocycles. The van der Waals surface area contributed by atoms with Crippen molar-refractivity contribution in [3.8, 4) is 6.07 Å². The van der Waals surface area contributed by atoms with Crippen LogP contribution >= 0.6 is 24.0 Å². The molecule has 3 heterocycles. The minimum atomic E-state index is -0.230. The van der Waals surface area contributed by atoms with Crippen molar-refractivity contribution in [1.82, 2.24) is 9.47 Å². The molecule has 0 spiro atoms. The van der Waals surface area contributed by atoms with E-state index in [-0.39, 0.29) is 23.1 Å². The summed E-state index contributed by atoms with van der Waals surface area (Å²) in [6, 6.07) is 2.33. The maximum absolute atomic E-state index is 13.4. The number of rotatable bonds is 5. The molecule has 6 nitrogen and oxygen atoms in total. The van der Waals surface area contributed by atoms with Gasteiger partial charge >= 0.3 is 0 Å². The van der Waals surface area contributed by atoms with Crippen molar-refractivity contribution in [3.63, 3.8) is 0 Å². The van der Waals surface area contributed by atoms with Crippen LogP contribution in [0.1, 0.15) is 81.4 Å². The van der Waals surface area contributed by atoms with Gasteiger partial charge in [-0.05, 0) is 50.7 Å². The van der Waals surface area contributed by atoms with E-state index in [0.717, 1.165) is 69.4 Å². The number of carbonyl (C=O) groups is 1. The number of anilines is 1. The van der Waals surface area contributed by atoms with Crippen molar-refractivity contribution in [1.29, 1.82) is 5.26 Å². The molecule has 4 rings (SSSR count). The third-order valence-electron chi connectivity index (χ3n) is 6.99. The molecule has 3 aliphatic rings. The van der Waals surface area contributed by atoms with Crippen molar-refractivity contribution >= 4 is 46.1 Å². The van der Waals surface area contributed by atoms with Crippen LogP contribution in [0.4, 0.5) is 5.82 Å². The van der Waals surface area contributed by atoms with Gasteiger partial charge in [-0.2, -0.15) is 5.26 Å². The fourth-order valence-corrected chi connectivity index (χ4v) is 6.67. The number of carbonyl (C=O) groups excluding carboxylic acids is 1. The second-order valence-corrected chi connectivity index (χ2v) is 10.9. The van der Waals surface area contributed by atoms with Crippen LogP contribution < -0.4 is 10.5 Å². The molecule has 0 aromatic carbocycles. The number of thiocarbonyl (C=S) groups is 1. The molecule has 3 fully saturated rings. The monoisotopic (exact) mass is 484 g/mol. The van der Waals surface area contributed by atoms with Gasteiger partial charge in [0.05, 0.1) is 4.91 Å². The van der Waals surface area contributed by atoms with Crippen molar-refractivity contribution in [2.75, 3.05) is 18.0 Å². The van der Waals surface area contributed by atoms with Crippen LogP contribution in [0.15, 0.2) is 9.70 Å². The van der Waals surface area contributed by atoms with E-state index in [0.29, 0.717) is 21.3 Å². The summed E-state index contributed by atoms with van der Waals surface area (Å²) in [7, 11) is 0. The topological polar surface area (TPSA) is 69.3 Å². The lowest BCUT2D eigenvalue weighted by Gasteiger charge is -2.29. The summed E-state index contributed by atoms with van der Waals surface area (Å²) in [6.45, 7) is 6.16. The summed E-state index contributed by atoms with van der Waals surface area (Å²) < 4.78 is 2.38. The Morgan fingerprint density at radius 2 is 1.79 bits per heavy atom. The van der Waals surface area contributed by atoms with Crippen LogP contribution in [0.25, 0.3) is 6.08 Å². The predicted octanol–water partition coefficient (Wildman–Crippen LogP) is 4.96. The molecule has 8 heteroatoms. The zero-order valence-corrected chi connectivity index (χ0v) is 21.2. The first-order valence-corrected chi connectivity index (χ1v) is 13.4. The first-order valence-electron chi connectivity index (χ1n) is 12.2. The van der Waals surface area contributed by atoms with Crippen molar-refractivity contribution in [2.45, 2.75) is 84.2 Å². The average Bonchev–Trinajstić information content (AvgIpc) is 3.30. The van der Waals surface area contributed by atoms with Crippen LogP contribution in [-0.4, -0.2) is 38.8 Å². The molecular weight excluding hydrogens is 452 g/mol. The number of amides is 1. The van der Waals surface area contributed by atoms with Crippen LogP contribution in [0.5, 0.6) is 0 Å². The Kier molecular flexibility index (Phi) is 7.60. The van der Waals surface area contributed by atoms with E-state index in [2.05, 4.69) is 11.0 Å². The third-order valence-corrected chi connectivity index (χ3v) is 8.32. The molecule has 0 atom stereocenters. The number of pyridine rings is 1. The summed E-state index contributed by atoms with van der Waals surface area (Å²) in [4.78, 5) is 31.4. The van der Waals surface area contributed by atoms with Gasteiger partial charge in [-0.3, -0.25) is 19.1 Å². The minimum Gasteiger partial charge on any atom is -0.357 e. The van der Waals surface area contributed by atoms with E-state index in [1.165, 1.54) is 24.6 Å². The van der Waals surface area contributed by atoms with Gasteiger partial charge in [-0.1, -0.05) is 56.6 Å². The minimum absolute atomic E-state index is 0.0372. The number of nitriles is 1. The Labute approximate surface area is 205 Å². The summed E-state index contributed by atoms with van der Waals surface area (Å²) >= 11 is 6.95. The molecule has 176 valence electrons. The molecule has 1 aromatic rings. The average molecular weight is 485 g/mol. The maximum atomic E-state index is 13.4. The smallest absolute Gasteiger partial charge is 0.270 e. The van der Waals surface area contributed by atoms with E-state index >= 15 is 0 Å². The molecule has 1 aliphatic carbocycles. The highest BCUT2D eigenvalue weighted by Gasteiger charge is 2.38. The Balaban J connectivity index is 1.87. The molecule has 1 aromatic heterocycles. The molecule has 1 saturated carbocycles. The molecule has 0 unspecified atom stereocenters. The zero-order valence-electron chi connectivity index (χ0n) is 19.6. The highest BCUT2D eigenvalue weighted by atomic mass is 32.2. The number of hydrogen-bond acceptors (Lipinski definition) is 6. The van der Waals surface area contributed by atoms with Gasteiger partial charge in [0.25, 0.3) is 11.5 Å². The zero-order chi connectivity index (χ0) is 23.5. The van der Waals surface area contributed by atoms with Gasteiger partial charge in [-0.15, -0.1) is 0 Å². The van der Waals surface area contributed by atoms with E-state index in [9.17, 15) is 14.9 Å². The van der Waals surface area contributed by atoms with Crippen molar-refractivity contribution < 1.29 is 4.79 Å². The van der Waals surface area contributed by atoms with Crippen LogP contribution in [0, 0.1) is 18.3 Å². The molecular formula is C25H32N4O2S2. The van der Waals surface area contributed by atoms with Gasteiger partial charge in [0.2, 0.25) is 0 Å². The normalized spacial score (nSPS) is 21.2. The summed E-state index contributed by atoms with van der Waals surface area (Å²) in [5, 5.41) is 9.80. The lowest BCUT2D eigenvalue weighted by Crippen LogP contribution is -2.36. The maximum Gasteiger partial charge on any atom is 0.270 e. The first kappa shape index (κ1) is 24.0. The second kappa shape index (κ2) is 10.4. The fourth-order valence-electron chi connectivity index (χ4n) is 5.29. The van der Waals surface area contributed by atoms with E-state index in [4.69, 9.17) is 12.2 Å². The first-order chi connectivity index (χ1) is 16.0. The highest BCUT2D eigenvalue weighted by Crippen LogP contribution is 2.39. The predicted molar refractivity (Wildman–Crippen MR) is 138 cm³/mol. The lowest BCUT2D eigenvalue weighted by molar-refractivity contribution is -0.123. The number of hydrogen-bond donors (Lipinski definition) is 0.